The van der Waals surface area contributed by atoms with Gasteiger partial charge in [0.25, 0.3) is 5.91 Å². The maximum Gasteiger partial charge on any atom is 0.339 e. The Kier molecular flexibility index (Phi) is 6.06. The van der Waals surface area contributed by atoms with Crippen LogP contribution in [0.4, 0.5) is 5.69 Å². The van der Waals surface area contributed by atoms with Gasteiger partial charge in [0.05, 0.1) is 30.2 Å². The van der Waals surface area contributed by atoms with Crippen molar-refractivity contribution < 1.29 is 33.4 Å². The number of nitrogens with one attached hydrogen (secondary N) is 1. The van der Waals surface area contributed by atoms with Crippen molar-refractivity contribution in [3.63, 3.8) is 0 Å². The Labute approximate surface area is 166 Å². The molecule has 1 aliphatic heterocycles. The summed E-state index contributed by atoms with van der Waals surface area (Å²) in [6, 6.07) is 6.21. The minimum Gasteiger partial charge on any atom is -0.465 e. The number of likely N-dealkylation sites (tertiary alicyclic amines) is 1. The second-order valence-corrected chi connectivity index (χ2v) is 6.66. The van der Waals surface area contributed by atoms with E-state index < -0.39 is 54.6 Å². The molecule has 1 aliphatic carbocycles. The quantitative estimate of drug-likeness (QED) is 0.428. The number of ether oxygens (including phenoxy) is 2. The van der Waals surface area contributed by atoms with Crippen LogP contribution in [0.1, 0.15) is 23.2 Å². The Bertz CT molecular complexity index is 867. The number of imide groups is 1. The molecule has 0 aromatic heterocycles. The number of benzene rings is 1. The van der Waals surface area contributed by atoms with Crippen LogP contribution in [0.25, 0.3) is 0 Å². The zero-order chi connectivity index (χ0) is 21.0. The maximum absolute atomic E-state index is 12.3. The van der Waals surface area contributed by atoms with Crippen LogP contribution >= 0.6 is 0 Å². The largest absolute Gasteiger partial charge is 0.465 e. The zero-order valence-corrected chi connectivity index (χ0v) is 15.8. The number of carbonyl (C=O) groups excluding carboxylic acids is 5. The number of amides is 3. The van der Waals surface area contributed by atoms with Gasteiger partial charge in [-0.3, -0.25) is 24.1 Å². The number of fused-ring (bicyclic) bond motifs is 1. The lowest BCUT2D eigenvalue weighted by Crippen LogP contribution is -2.37. The van der Waals surface area contributed by atoms with Crippen molar-refractivity contribution in [1.82, 2.24) is 4.90 Å². The summed E-state index contributed by atoms with van der Waals surface area (Å²) in [4.78, 5) is 61.4. The summed E-state index contributed by atoms with van der Waals surface area (Å²) in [5.74, 6) is -3.81. The fourth-order valence-corrected chi connectivity index (χ4v) is 3.41. The summed E-state index contributed by atoms with van der Waals surface area (Å²) < 4.78 is 9.53. The summed E-state index contributed by atoms with van der Waals surface area (Å²) in [5, 5.41) is 2.46. The molecule has 3 amide bonds. The van der Waals surface area contributed by atoms with Gasteiger partial charge in [-0.05, 0) is 25.0 Å². The second-order valence-electron chi connectivity index (χ2n) is 6.66. The first-order valence-corrected chi connectivity index (χ1v) is 9.05. The Morgan fingerprint density at radius 2 is 1.69 bits per heavy atom. The minimum absolute atomic E-state index is 0.152. The highest BCUT2D eigenvalue weighted by atomic mass is 16.5. The molecular formula is C20H20N2O7. The van der Waals surface area contributed by atoms with Crippen molar-refractivity contribution in [2.45, 2.75) is 12.8 Å². The van der Waals surface area contributed by atoms with Crippen LogP contribution < -0.4 is 5.32 Å². The van der Waals surface area contributed by atoms with Gasteiger partial charge in [0.15, 0.2) is 6.61 Å². The number of para-hydroxylation sites is 1. The SMILES string of the molecule is COC(=O)c1ccccc1NC(=O)COC(=O)CN1C(=O)[C@@H]2CC=CC[C@H]2C1=O. The van der Waals surface area contributed by atoms with Gasteiger partial charge in [-0.15, -0.1) is 0 Å². The van der Waals surface area contributed by atoms with Crippen LogP contribution in [0.2, 0.25) is 0 Å². The van der Waals surface area contributed by atoms with Gasteiger partial charge in [0, 0.05) is 0 Å². The Balaban J connectivity index is 1.53. The standard InChI is InChI=1S/C20H20N2O7/c1-28-20(27)14-8-4-5-9-15(14)21-16(23)11-29-17(24)10-22-18(25)12-6-2-3-7-13(12)19(22)26/h2-5,8-9,12-13H,6-7,10-11H2,1H3,(H,21,23)/t12-,13-/m1/s1. The smallest absolute Gasteiger partial charge is 0.339 e. The number of allylic oxidation sites excluding steroid dienone is 2. The predicted molar refractivity (Wildman–Crippen MR) is 99.4 cm³/mol. The van der Waals surface area contributed by atoms with Crippen LogP contribution in [0.5, 0.6) is 0 Å². The molecule has 2 atom stereocenters. The van der Waals surface area contributed by atoms with E-state index in [1.54, 1.807) is 12.1 Å². The lowest BCUT2D eigenvalue weighted by Gasteiger charge is -2.14. The van der Waals surface area contributed by atoms with Crippen molar-refractivity contribution in [3.8, 4) is 0 Å². The third kappa shape index (κ3) is 4.34. The average molecular weight is 400 g/mol. The van der Waals surface area contributed by atoms with Crippen molar-refractivity contribution in [1.29, 1.82) is 0 Å². The van der Waals surface area contributed by atoms with E-state index in [0.717, 1.165) is 4.90 Å². The summed E-state index contributed by atoms with van der Waals surface area (Å²) in [7, 11) is 1.22. The van der Waals surface area contributed by atoms with Crippen molar-refractivity contribution >= 4 is 35.3 Å². The lowest BCUT2D eigenvalue weighted by atomic mass is 9.85. The molecule has 9 heteroatoms. The number of nitrogens with zero attached hydrogens (tertiary/aromatic N) is 1. The van der Waals surface area contributed by atoms with Gasteiger partial charge in [0.2, 0.25) is 11.8 Å². The molecule has 1 saturated heterocycles. The summed E-state index contributed by atoms with van der Waals surface area (Å²) in [6.45, 7) is -1.16. The third-order valence-electron chi connectivity index (χ3n) is 4.86. The first kappa shape index (κ1) is 20.2. The highest BCUT2D eigenvalue weighted by Gasteiger charge is 2.47. The molecule has 0 unspecified atom stereocenters. The topological polar surface area (TPSA) is 119 Å². The first-order valence-electron chi connectivity index (χ1n) is 9.05. The van der Waals surface area contributed by atoms with E-state index >= 15 is 0 Å². The summed E-state index contributed by atoms with van der Waals surface area (Å²) >= 11 is 0. The molecule has 152 valence electrons. The van der Waals surface area contributed by atoms with Crippen LogP contribution in [-0.2, 0) is 28.7 Å². The van der Waals surface area contributed by atoms with Gasteiger partial charge in [0.1, 0.15) is 6.54 Å². The molecule has 0 bridgehead atoms. The van der Waals surface area contributed by atoms with Crippen molar-refractivity contribution in [2.24, 2.45) is 11.8 Å². The van der Waals surface area contributed by atoms with Gasteiger partial charge in [-0.1, -0.05) is 24.3 Å². The molecule has 1 N–H and O–H groups in total. The predicted octanol–water partition coefficient (Wildman–Crippen LogP) is 0.906. The highest BCUT2D eigenvalue weighted by Crippen LogP contribution is 2.34. The van der Waals surface area contributed by atoms with Crippen molar-refractivity contribution in [2.75, 3.05) is 25.6 Å². The van der Waals surface area contributed by atoms with Gasteiger partial charge in [-0.2, -0.15) is 0 Å². The van der Waals surface area contributed by atoms with Gasteiger partial charge >= 0.3 is 11.9 Å². The van der Waals surface area contributed by atoms with E-state index in [1.807, 2.05) is 12.2 Å². The van der Waals surface area contributed by atoms with E-state index in [1.165, 1.54) is 19.2 Å². The van der Waals surface area contributed by atoms with Crippen LogP contribution in [-0.4, -0.2) is 54.8 Å². The van der Waals surface area contributed by atoms with Crippen LogP contribution in [0.3, 0.4) is 0 Å². The normalized spacial score (nSPS) is 20.2. The number of esters is 2. The summed E-state index contributed by atoms with van der Waals surface area (Å²) in [5.41, 5.74) is 0.362. The molecule has 3 rings (SSSR count). The highest BCUT2D eigenvalue weighted by molar-refractivity contribution is 6.07. The zero-order valence-electron chi connectivity index (χ0n) is 15.8. The second kappa shape index (κ2) is 8.68. The average Bonchev–Trinajstić information content (AvgIpc) is 2.97. The molecule has 1 aromatic rings. The van der Waals surface area contributed by atoms with Crippen LogP contribution in [0.15, 0.2) is 36.4 Å². The fraction of sp³-hybridized carbons (Fsp3) is 0.350. The first-order chi connectivity index (χ1) is 13.9. The van der Waals surface area contributed by atoms with Crippen molar-refractivity contribution in [3.05, 3.63) is 42.0 Å². The molecule has 2 aliphatic rings. The minimum atomic E-state index is -0.866. The number of anilines is 1. The number of methoxy groups -OCH3 is 1. The van der Waals surface area contributed by atoms with E-state index in [0.29, 0.717) is 12.8 Å². The van der Waals surface area contributed by atoms with Gasteiger partial charge < -0.3 is 14.8 Å². The lowest BCUT2D eigenvalue weighted by molar-refractivity contribution is -0.154. The Morgan fingerprint density at radius 3 is 2.31 bits per heavy atom. The summed E-state index contributed by atoms with van der Waals surface area (Å²) in [6.07, 6.45) is 4.65. The molecule has 29 heavy (non-hydrogen) atoms. The third-order valence-corrected chi connectivity index (χ3v) is 4.86. The van der Waals surface area contributed by atoms with Gasteiger partial charge in [-0.25, -0.2) is 4.79 Å². The maximum atomic E-state index is 12.3. The van der Waals surface area contributed by atoms with E-state index in [2.05, 4.69) is 10.1 Å². The molecular weight excluding hydrogens is 380 g/mol. The molecule has 1 aromatic carbocycles. The molecule has 0 spiro atoms. The fourth-order valence-electron chi connectivity index (χ4n) is 3.41. The van der Waals surface area contributed by atoms with E-state index in [-0.39, 0.29) is 11.3 Å². The van der Waals surface area contributed by atoms with E-state index in [9.17, 15) is 24.0 Å². The number of rotatable bonds is 6. The Morgan fingerprint density at radius 1 is 1.07 bits per heavy atom. The number of hydrogen-bond donors (Lipinski definition) is 1. The number of hydrogen-bond acceptors (Lipinski definition) is 7. The van der Waals surface area contributed by atoms with E-state index in [4.69, 9.17) is 4.74 Å². The molecule has 9 nitrogen and oxygen atoms in total. The Hall–Kier alpha value is -3.49. The molecule has 1 heterocycles. The van der Waals surface area contributed by atoms with Crippen LogP contribution in [0, 0.1) is 11.8 Å². The molecule has 1 fully saturated rings. The molecule has 0 saturated carbocycles. The number of carbonyl (C=O) groups is 5. The monoisotopic (exact) mass is 400 g/mol. The molecule has 0 radical (unpaired) electrons.